The largest absolute Gasteiger partial charge is 0.478 e. The average molecular weight is 383 g/mol. The summed E-state index contributed by atoms with van der Waals surface area (Å²) in [5.74, 6) is -0.0624. The molecule has 0 spiro atoms. The van der Waals surface area contributed by atoms with Crippen LogP contribution in [-0.2, 0) is 15.6 Å². The van der Waals surface area contributed by atoms with Crippen LogP contribution in [0.2, 0.25) is 0 Å². The summed E-state index contributed by atoms with van der Waals surface area (Å²) in [5, 5.41) is 8.81. The van der Waals surface area contributed by atoms with Gasteiger partial charge in [0.15, 0.2) is 0 Å². The molecular weight excluding hydrogens is 348 g/mol. The maximum absolute atomic E-state index is 10.7. The number of carbonyl (C=O) groups is 1. The van der Waals surface area contributed by atoms with Gasteiger partial charge in [-0.05, 0) is 53.5 Å². The standard InChI is InChI=1S/C25H34O3/c1-10-28-23-20(24(4,5)6)15-19(16-21(23)25(7,8)9)18(3)13-11-12-17(2)14-22(26)27/h10-16H,1H2,2-9H3,(H,26,27)/b12-11+,17-14+,18-13+. The van der Waals surface area contributed by atoms with Crippen LogP contribution in [0.4, 0.5) is 0 Å². The first kappa shape index (κ1) is 23.5. The molecule has 0 atom stereocenters. The van der Waals surface area contributed by atoms with Crippen molar-refractivity contribution in [3.63, 3.8) is 0 Å². The maximum Gasteiger partial charge on any atom is 0.328 e. The second-order valence-electron chi connectivity index (χ2n) is 9.12. The molecule has 0 aromatic heterocycles. The van der Waals surface area contributed by atoms with Crippen molar-refractivity contribution >= 4 is 11.5 Å². The lowest BCUT2D eigenvalue weighted by Crippen LogP contribution is -2.19. The van der Waals surface area contributed by atoms with Crippen molar-refractivity contribution in [1.82, 2.24) is 0 Å². The van der Waals surface area contributed by atoms with Gasteiger partial charge in [-0.1, -0.05) is 66.3 Å². The fraction of sp³-hybridized carbons (Fsp3) is 0.400. The molecule has 0 heterocycles. The van der Waals surface area contributed by atoms with Crippen molar-refractivity contribution in [2.75, 3.05) is 0 Å². The molecule has 1 aromatic rings. The molecule has 28 heavy (non-hydrogen) atoms. The summed E-state index contributed by atoms with van der Waals surface area (Å²) in [6.07, 6.45) is 8.36. The van der Waals surface area contributed by atoms with Crippen molar-refractivity contribution < 1.29 is 14.6 Å². The van der Waals surface area contributed by atoms with E-state index in [1.54, 1.807) is 13.0 Å². The predicted molar refractivity (Wildman–Crippen MR) is 119 cm³/mol. The average Bonchev–Trinajstić information content (AvgIpc) is 2.52. The van der Waals surface area contributed by atoms with E-state index in [0.717, 1.165) is 28.0 Å². The van der Waals surface area contributed by atoms with Gasteiger partial charge in [0.05, 0.1) is 6.26 Å². The predicted octanol–water partition coefficient (Wildman–Crippen LogP) is 6.79. The Kier molecular flexibility index (Phi) is 7.63. The zero-order chi connectivity index (χ0) is 21.7. The number of carboxylic acid groups (broad SMARTS) is 1. The first-order valence-corrected chi connectivity index (χ1v) is 9.50. The number of hydrogen-bond acceptors (Lipinski definition) is 2. The number of benzene rings is 1. The van der Waals surface area contributed by atoms with Crippen LogP contribution in [0.3, 0.4) is 0 Å². The van der Waals surface area contributed by atoms with Crippen LogP contribution in [0.5, 0.6) is 5.75 Å². The summed E-state index contributed by atoms with van der Waals surface area (Å²) in [7, 11) is 0. The SMILES string of the molecule is C=COc1c(C(C)(C)C)cc(/C(C)=C/C=C/C(C)=C/C(=O)O)cc1C(C)(C)C. The number of ether oxygens (including phenoxy) is 1. The number of carboxylic acids is 1. The van der Waals surface area contributed by atoms with Crippen LogP contribution >= 0.6 is 0 Å². The highest BCUT2D eigenvalue weighted by Crippen LogP contribution is 2.42. The summed E-state index contributed by atoms with van der Waals surface area (Å²) < 4.78 is 5.87. The zero-order valence-corrected chi connectivity index (χ0v) is 18.5. The molecule has 0 amide bonds. The van der Waals surface area contributed by atoms with Gasteiger partial charge in [-0.15, -0.1) is 0 Å². The van der Waals surface area contributed by atoms with Gasteiger partial charge in [0.2, 0.25) is 0 Å². The fourth-order valence-corrected chi connectivity index (χ4v) is 2.86. The lowest BCUT2D eigenvalue weighted by atomic mass is 9.77. The molecule has 0 aliphatic carbocycles. The van der Waals surface area contributed by atoms with E-state index in [0.29, 0.717) is 5.57 Å². The van der Waals surface area contributed by atoms with Gasteiger partial charge >= 0.3 is 5.97 Å². The first-order valence-electron chi connectivity index (χ1n) is 9.50. The summed E-state index contributed by atoms with van der Waals surface area (Å²) >= 11 is 0. The van der Waals surface area contributed by atoms with Crippen LogP contribution in [0.25, 0.3) is 5.57 Å². The third kappa shape index (κ3) is 6.56. The van der Waals surface area contributed by atoms with Crippen LogP contribution in [0, 0.1) is 0 Å². The van der Waals surface area contributed by atoms with E-state index in [9.17, 15) is 4.79 Å². The molecule has 3 nitrogen and oxygen atoms in total. The van der Waals surface area contributed by atoms with E-state index >= 15 is 0 Å². The van der Waals surface area contributed by atoms with Gasteiger partial charge < -0.3 is 9.84 Å². The van der Waals surface area contributed by atoms with Crippen LogP contribution in [-0.4, -0.2) is 11.1 Å². The first-order chi connectivity index (χ1) is 12.8. The molecule has 0 unspecified atom stereocenters. The Morgan fingerprint density at radius 3 is 1.93 bits per heavy atom. The number of rotatable bonds is 6. The molecule has 1 aromatic carbocycles. The maximum atomic E-state index is 10.7. The third-order valence-electron chi connectivity index (χ3n) is 4.42. The van der Waals surface area contributed by atoms with Gasteiger partial charge in [-0.2, -0.15) is 0 Å². The normalized spacial score (nSPS) is 13.7. The Morgan fingerprint density at radius 1 is 1.04 bits per heavy atom. The fourth-order valence-electron chi connectivity index (χ4n) is 2.86. The quantitative estimate of drug-likeness (QED) is 0.334. The topological polar surface area (TPSA) is 46.5 Å². The Labute approximate surface area is 170 Å². The van der Waals surface area contributed by atoms with Crippen LogP contribution in [0.15, 0.2) is 54.9 Å². The van der Waals surface area contributed by atoms with E-state index in [4.69, 9.17) is 9.84 Å². The highest BCUT2D eigenvalue weighted by molar-refractivity contribution is 5.81. The number of allylic oxidation sites excluding steroid dienone is 5. The van der Waals surface area contributed by atoms with Gasteiger partial charge in [0, 0.05) is 17.2 Å². The van der Waals surface area contributed by atoms with E-state index < -0.39 is 5.97 Å². The summed E-state index contributed by atoms with van der Waals surface area (Å²) in [6, 6.07) is 4.35. The van der Waals surface area contributed by atoms with Gasteiger partial charge in [-0.25, -0.2) is 4.79 Å². The number of aliphatic carboxylic acids is 1. The smallest absolute Gasteiger partial charge is 0.328 e. The second-order valence-corrected chi connectivity index (χ2v) is 9.12. The lowest BCUT2D eigenvalue weighted by Gasteiger charge is -2.30. The molecule has 1 rings (SSSR count). The molecule has 0 aliphatic heterocycles. The monoisotopic (exact) mass is 382 g/mol. The molecule has 1 N–H and O–H groups in total. The molecule has 3 heteroatoms. The van der Waals surface area contributed by atoms with Crippen molar-refractivity contribution in [3.8, 4) is 5.75 Å². The van der Waals surface area contributed by atoms with Crippen molar-refractivity contribution in [3.05, 3.63) is 71.5 Å². The summed E-state index contributed by atoms with van der Waals surface area (Å²) in [4.78, 5) is 10.7. The van der Waals surface area contributed by atoms with Gasteiger partial charge in [0.25, 0.3) is 0 Å². The van der Waals surface area contributed by atoms with Crippen LogP contribution in [0.1, 0.15) is 72.1 Å². The lowest BCUT2D eigenvalue weighted by molar-refractivity contribution is -0.131. The van der Waals surface area contributed by atoms with E-state index in [2.05, 4.69) is 67.2 Å². The molecule has 0 saturated heterocycles. The second kappa shape index (κ2) is 9.09. The summed E-state index contributed by atoms with van der Waals surface area (Å²) in [5.41, 5.74) is 4.99. The van der Waals surface area contributed by atoms with Gasteiger partial charge in [-0.3, -0.25) is 0 Å². The Balaban J connectivity index is 3.55. The van der Waals surface area contributed by atoms with Crippen molar-refractivity contribution in [1.29, 1.82) is 0 Å². The van der Waals surface area contributed by atoms with E-state index in [1.807, 2.05) is 12.2 Å². The van der Waals surface area contributed by atoms with E-state index in [1.165, 1.54) is 12.3 Å². The zero-order valence-electron chi connectivity index (χ0n) is 18.5. The molecule has 0 bridgehead atoms. The van der Waals surface area contributed by atoms with Crippen molar-refractivity contribution in [2.24, 2.45) is 0 Å². The highest BCUT2D eigenvalue weighted by atomic mass is 16.5. The Morgan fingerprint density at radius 2 is 1.54 bits per heavy atom. The molecule has 0 saturated carbocycles. The third-order valence-corrected chi connectivity index (χ3v) is 4.42. The number of hydrogen-bond donors (Lipinski definition) is 1. The van der Waals surface area contributed by atoms with Crippen LogP contribution < -0.4 is 4.74 Å². The Bertz CT molecular complexity index is 787. The van der Waals surface area contributed by atoms with Gasteiger partial charge in [0.1, 0.15) is 5.75 Å². The molecule has 0 radical (unpaired) electrons. The molecule has 152 valence electrons. The molecule has 0 aliphatic rings. The van der Waals surface area contributed by atoms with E-state index in [-0.39, 0.29) is 10.8 Å². The molecule has 0 fully saturated rings. The minimum Gasteiger partial charge on any atom is -0.478 e. The van der Waals surface area contributed by atoms with Crippen molar-refractivity contribution in [2.45, 2.75) is 66.2 Å². The minimum atomic E-state index is -0.940. The highest BCUT2D eigenvalue weighted by Gasteiger charge is 2.27. The summed E-state index contributed by atoms with van der Waals surface area (Å²) in [6.45, 7) is 20.6. The molecular formula is C25H34O3. The minimum absolute atomic E-state index is 0.0920. The Hall–Kier alpha value is -2.55.